The van der Waals surface area contributed by atoms with Crippen molar-refractivity contribution in [2.75, 3.05) is 24.6 Å². The van der Waals surface area contributed by atoms with Crippen molar-refractivity contribution in [1.82, 2.24) is 9.88 Å². The third-order valence-corrected chi connectivity index (χ3v) is 4.24. The smallest absolute Gasteiger partial charge is 0.0945 e. The quantitative estimate of drug-likeness (QED) is 0.549. The molecule has 0 saturated carbocycles. The van der Waals surface area contributed by atoms with Crippen molar-refractivity contribution in [2.45, 2.75) is 11.4 Å². The van der Waals surface area contributed by atoms with E-state index in [0.717, 1.165) is 39.4 Å². The molecule has 0 aliphatic carbocycles. The Kier molecular flexibility index (Phi) is 4.69. The highest BCUT2D eigenvalue weighted by atomic mass is 32.2. The molecule has 4 nitrogen and oxygen atoms in total. The number of hydrogen-bond donors (Lipinski definition) is 2. The Balaban J connectivity index is 1.85. The van der Waals surface area contributed by atoms with Crippen LogP contribution in [0.1, 0.15) is 5.69 Å². The summed E-state index contributed by atoms with van der Waals surface area (Å²) in [6, 6.07) is 18.2. The van der Waals surface area contributed by atoms with Gasteiger partial charge in [-0.1, -0.05) is 18.2 Å². The zero-order valence-corrected chi connectivity index (χ0v) is 14.1. The molecule has 23 heavy (non-hydrogen) atoms. The van der Waals surface area contributed by atoms with Gasteiger partial charge in [0.05, 0.1) is 16.9 Å². The van der Waals surface area contributed by atoms with Crippen molar-refractivity contribution >= 4 is 34.2 Å². The van der Waals surface area contributed by atoms with Crippen LogP contribution < -0.4 is 10.5 Å². The summed E-state index contributed by atoms with van der Waals surface area (Å²) in [6.45, 7) is 0.829. The van der Waals surface area contributed by atoms with E-state index in [-0.39, 0.29) is 0 Å². The molecule has 0 amide bonds. The summed E-state index contributed by atoms with van der Waals surface area (Å²) in [4.78, 5) is 8.03. The number of rotatable bonds is 5. The highest BCUT2D eigenvalue weighted by molar-refractivity contribution is 8.00. The summed E-state index contributed by atoms with van der Waals surface area (Å²) in [7, 11) is 4.10. The number of nitrogens with two attached hydrogens (primary N) is 1. The number of nitrogens with one attached hydrogen (secondary N) is 1. The number of hydrogen-bond acceptors (Lipinski definition) is 5. The second-order valence-electron chi connectivity index (χ2n) is 5.69. The van der Waals surface area contributed by atoms with Gasteiger partial charge in [0.15, 0.2) is 0 Å². The highest BCUT2D eigenvalue weighted by Crippen LogP contribution is 2.27. The number of fused-ring (bicyclic) bond motifs is 1. The first-order chi connectivity index (χ1) is 11.1. The fourth-order valence-corrected chi connectivity index (χ4v) is 3.00. The van der Waals surface area contributed by atoms with E-state index in [1.54, 1.807) is 11.9 Å². The summed E-state index contributed by atoms with van der Waals surface area (Å²) in [5.74, 6) is 0. The minimum absolute atomic E-state index is 0.773. The number of nitrogen functional groups attached to an aromatic ring is 1. The first kappa shape index (κ1) is 15.6. The van der Waals surface area contributed by atoms with E-state index < -0.39 is 0 Å². The Labute approximate surface area is 140 Å². The van der Waals surface area contributed by atoms with Crippen LogP contribution in [-0.2, 0) is 6.54 Å². The summed E-state index contributed by atoms with van der Waals surface area (Å²) in [5, 5.41) is 1.13. The van der Waals surface area contributed by atoms with E-state index in [9.17, 15) is 0 Å². The number of nitrogens with zero attached hydrogens (tertiary/aromatic N) is 2. The van der Waals surface area contributed by atoms with Crippen LogP contribution in [0.5, 0.6) is 0 Å². The van der Waals surface area contributed by atoms with Crippen LogP contribution >= 0.6 is 11.9 Å². The maximum absolute atomic E-state index is 5.72. The highest BCUT2D eigenvalue weighted by Gasteiger charge is 2.05. The van der Waals surface area contributed by atoms with Crippen LogP contribution in [0.15, 0.2) is 59.5 Å². The van der Waals surface area contributed by atoms with Crippen molar-refractivity contribution < 1.29 is 0 Å². The molecule has 0 spiro atoms. The molecule has 0 aliphatic rings. The molecule has 118 valence electrons. The predicted octanol–water partition coefficient (Wildman–Crippen LogP) is 4.00. The molecule has 0 unspecified atom stereocenters. The largest absolute Gasteiger partial charge is 0.399 e. The Morgan fingerprint density at radius 2 is 1.83 bits per heavy atom. The van der Waals surface area contributed by atoms with Crippen molar-refractivity contribution in [3.63, 3.8) is 0 Å². The minimum atomic E-state index is 0.773. The van der Waals surface area contributed by atoms with Crippen LogP contribution in [0.3, 0.4) is 0 Å². The van der Waals surface area contributed by atoms with E-state index in [0.29, 0.717) is 0 Å². The molecule has 1 heterocycles. The third-order valence-electron chi connectivity index (χ3n) is 3.42. The monoisotopic (exact) mass is 324 g/mol. The molecule has 3 N–H and O–H groups in total. The summed E-state index contributed by atoms with van der Waals surface area (Å²) in [6.07, 6.45) is 0. The van der Waals surface area contributed by atoms with E-state index in [2.05, 4.69) is 33.9 Å². The molecule has 0 saturated heterocycles. The van der Waals surface area contributed by atoms with Gasteiger partial charge in [0.25, 0.3) is 0 Å². The van der Waals surface area contributed by atoms with E-state index >= 15 is 0 Å². The number of para-hydroxylation sites is 1. The van der Waals surface area contributed by atoms with Gasteiger partial charge < -0.3 is 15.4 Å². The number of benzene rings is 2. The SMILES string of the molecule is CN(C)Cc1ccc2cccc(NSc3ccc(N)cc3)c2n1. The zero-order chi connectivity index (χ0) is 16.2. The van der Waals surface area contributed by atoms with Gasteiger partial charge in [-0.15, -0.1) is 0 Å². The molecule has 3 rings (SSSR count). The number of anilines is 2. The van der Waals surface area contributed by atoms with Gasteiger partial charge in [0, 0.05) is 22.5 Å². The molecular formula is C18H20N4S. The molecule has 0 fully saturated rings. The normalized spacial score (nSPS) is 11.1. The fourth-order valence-electron chi connectivity index (χ4n) is 2.33. The van der Waals surface area contributed by atoms with Crippen molar-refractivity contribution in [2.24, 2.45) is 0 Å². The third kappa shape index (κ3) is 3.94. The van der Waals surface area contributed by atoms with Gasteiger partial charge in [0.2, 0.25) is 0 Å². The molecule has 1 aromatic heterocycles. The lowest BCUT2D eigenvalue weighted by Crippen LogP contribution is -2.11. The van der Waals surface area contributed by atoms with E-state index in [1.807, 2.05) is 44.4 Å². The van der Waals surface area contributed by atoms with Gasteiger partial charge in [-0.05, 0) is 62.4 Å². The van der Waals surface area contributed by atoms with Gasteiger partial charge in [-0.2, -0.15) is 0 Å². The molecule has 0 radical (unpaired) electrons. The van der Waals surface area contributed by atoms with Crippen LogP contribution in [0, 0.1) is 0 Å². The summed E-state index contributed by atoms with van der Waals surface area (Å²) in [5.41, 5.74) is 9.57. The lowest BCUT2D eigenvalue weighted by molar-refractivity contribution is 0.397. The molecule has 0 atom stereocenters. The second-order valence-corrected chi connectivity index (χ2v) is 6.57. The zero-order valence-electron chi connectivity index (χ0n) is 13.3. The van der Waals surface area contributed by atoms with Gasteiger partial charge in [-0.25, -0.2) is 4.98 Å². The average Bonchev–Trinajstić information content (AvgIpc) is 2.54. The van der Waals surface area contributed by atoms with Crippen molar-refractivity contribution in [3.05, 3.63) is 60.3 Å². The topological polar surface area (TPSA) is 54.2 Å². The first-order valence-corrected chi connectivity index (χ1v) is 8.25. The molecule has 0 bridgehead atoms. The number of aromatic nitrogens is 1. The lowest BCUT2D eigenvalue weighted by atomic mass is 10.2. The molecule has 3 aromatic rings. The fraction of sp³-hybridized carbons (Fsp3) is 0.167. The average molecular weight is 324 g/mol. The summed E-state index contributed by atoms with van der Waals surface area (Å²) >= 11 is 1.56. The van der Waals surface area contributed by atoms with E-state index in [1.165, 1.54) is 0 Å². The maximum atomic E-state index is 5.72. The van der Waals surface area contributed by atoms with Gasteiger partial charge in [0.1, 0.15) is 0 Å². The van der Waals surface area contributed by atoms with Gasteiger partial charge >= 0.3 is 0 Å². The predicted molar refractivity (Wildman–Crippen MR) is 99.5 cm³/mol. The van der Waals surface area contributed by atoms with Crippen LogP contribution in [0.2, 0.25) is 0 Å². The maximum Gasteiger partial charge on any atom is 0.0945 e. The Bertz CT molecular complexity index is 800. The molecule has 0 aliphatic heterocycles. The minimum Gasteiger partial charge on any atom is -0.399 e. The molecule has 5 heteroatoms. The lowest BCUT2D eigenvalue weighted by Gasteiger charge is -2.12. The molecular weight excluding hydrogens is 304 g/mol. The van der Waals surface area contributed by atoms with Crippen molar-refractivity contribution in [3.8, 4) is 0 Å². The molecule has 2 aromatic carbocycles. The number of pyridine rings is 1. The van der Waals surface area contributed by atoms with Crippen molar-refractivity contribution in [1.29, 1.82) is 0 Å². The Hall–Kier alpha value is -2.24. The van der Waals surface area contributed by atoms with E-state index in [4.69, 9.17) is 10.7 Å². The Morgan fingerprint density at radius 3 is 2.57 bits per heavy atom. The van der Waals surface area contributed by atoms with Crippen LogP contribution in [0.4, 0.5) is 11.4 Å². The van der Waals surface area contributed by atoms with Crippen LogP contribution in [-0.4, -0.2) is 24.0 Å². The van der Waals surface area contributed by atoms with Crippen LogP contribution in [0.25, 0.3) is 10.9 Å². The first-order valence-electron chi connectivity index (χ1n) is 7.43. The second kappa shape index (κ2) is 6.89. The standard InChI is InChI=1S/C18H20N4S/c1-22(2)12-15-9-6-13-4-3-5-17(18(13)20-15)21-23-16-10-7-14(19)8-11-16/h3-11,21H,12,19H2,1-2H3. The summed E-state index contributed by atoms with van der Waals surface area (Å²) < 4.78 is 3.40. The Morgan fingerprint density at radius 1 is 1.04 bits per heavy atom. The van der Waals surface area contributed by atoms with Gasteiger partial charge in [-0.3, -0.25) is 0 Å².